The third-order valence-electron chi connectivity index (χ3n) is 1.78. The highest BCUT2D eigenvalue weighted by Gasteiger charge is 2.09. The minimum absolute atomic E-state index is 0.202. The van der Waals surface area contributed by atoms with Crippen molar-refractivity contribution in [3.63, 3.8) is 0 Å². The molecule has 0 radical (unpaired) electrons. The molecule has 0 fully saturated rings. The molecule has 3 heteroatoms. The first-order valence-corrected chi connectivity index (χ1v) is 4.58. The number of benzene rings is 1. The van der Waals surface area contributed by atoms with Gasteiger partial charge in [-0.3, -0.25) is 0 Å². The lowest BCUT2D eigenvalue weighted by Crippen LogP contribution is -2.01. The third-order valence-corrected chi connectivity index (χ3v) is 1.92. The lowest BCUT2D eigenvalue weighted by Gasteiger charge is -2.01. The van der Waals surface area contributed by atoms with Crippen LogP contribution >= 0.6 is 11.6 Å². The Labute approximate surface area is 87.5 Å². The molecule has 1 N–H and O–H groups in total. The monoisotopic (exact) mass is 208 g/mol. The zero-order valence-electron chi connectivity index (χ0n) is 7.67. The summed E-state index contributed by atoms with van der Waals surface area (Å²) in [7, 11) is 0. The van der Waals surface area contributed by atoms with Crippen LogP contribution in [0.4, 0.5) is 0 Å². The molecule has 0 aliphatic carbocycles. The summed E-state index contributed by atoms with van der Waals surface area (Å²) in [6.45, 7) is 1.82. The van der Waals surface area contributed by atoms with Crippen molar-refractivity contribution in [2.75, 3.05) is 5.88 Å². The van der Waals surface area contributed by atoms with Crippen LogP contribution in [0.2, 0.25) is 0 Å². The maximum atomic E-state index is 10.8. The zero-order valence-corrected chi connectivity index (χ0v) is 8.43. The van der Waals surface area contributed by atoms with E-state index in [2.05, 4.69) is 11.8 Å². The molecule has 0 heterocycles. The molecule has 0 saturated carbocycles. The lowest BCUT2D eigenvalue weighted by molar-refractivity contribution is 0.0696. The second-order valence-corrected chi connectivity index (χ2v) is 3.01. The van der Waals surface area contributed by atoms with E-state index in [1.165, 1.54) is 6.07 Å². The van der Waals surface area contributed by atoms with Gasteiger partial charge >= 0.3 is 5.97 Å². The van der Waals surface area contributed by atoms with Crippen molar-refractivity contribution in [1.82, 2.24) is 0 Å². The highest BCUT2D eigenvalue weighted by atomic mass is 35.5. The summed E-state index contributed by atoms with van der Waals surface area (Å²) in [5, 5.41) is 8.89. The fourth-order valence-corrected chi connectivity index (χ4v) is 1.20. The summed E-state index contributed by atoms with van der Waals surface area (Å²) < 4.78 is 0. The molecule has 0 aliphatic rings. The van der Waals surface area contributed by atoms with E-state index in [9.17, 15) is 4.79 Å². The summed E-state index contributed by atoms with van der Waals surface area (Å²) in [4.78, 5) is 10.8. The van der Waals surface area contributed by atoms with E-state index in [1.807, 2.05) is 13.0 Å². The zero-order chi connectivity index (χ0) is 10.6. The van der Waals surface area contributed by atoms with Gasteiger partial charge < -0.3 is 5.11 Å². The Bertz CT molecular complexity index is 413. The minimum atomic E-state index is -0.965. The first kappa shape index (κ1) is 10.6. The van der Waals surface area contributed by atoms with Crippen molar-refractivity contribution in [2.24, 2.45) is 0 Å². The van der Waals surface area contributed by atoms with Gasteiger partial charge in [-0.2, -0.15) is 0 Å². The van der Waals surface area contributed by atoms with E-state index in [1.54, 1.807) is 6.07 Å². The number of halogens is 1. The average molecular weight is 209 g/mol. The Morgan fingerprint density at radius 1 is 1.57 bits per heavy atom. The van der Waals surface area contributed by atoms with Crippen molar-refractivity contribution in [1.29, 1.82) is 0 Å². The fourth-order valence-electron chi connectivity index (χ4n) is 1.13. The van der Waals surface area contributed by atoms with Gasteiger partial charge in [0.05, 0.1) is 11.4 Å². The molecule has 2 nitrogen and oxygen atoms in total. The number of aryl methyl sites for hydroxylation is 1. The molecule has 0 unspecified atom stereocenters. The summed E-state index contributed by atoms with van der Waals surface area (Å²) in [6, 6.07) is 5.06. The second-order valence-electron chi connectivity index (χ2n) is 2.74. The largest absolute Gasteiger partial charge is 0.478 e. The number of hydrogen-bond acceptors (Lipinski definition) is 1. The molecule has 0 aliphatic heterocycles. The summed E-state index contributed by atoms with van der Waals surface area (Å²) in [5.41, 5.74) is 1.62. The van der Waals surface area contributed by atoms with E-state index >= 15 is 0 Å². The Hall–Kier alpha value is -1.46. The predicted molar refractivity (Wildman–Crippen MR) is 55.7 cm³/mol. The van der Waals surface area contributed by atoms with Crippen LogP contribution < -0.4 is 0 Å². The van der Waals surface area contributed by atoms with Gasteiger partial charge in [0.15, 0.2) is 0 Å². The van der Waals surface area contributed by atoms with E-state index in [-0.39, 0.29) is 11.4 Å². The van der Waals surface area contributed by atoms with Gasteiger partial charge in [0.2, 0.25) is 0 Å². The van der Waals surface area contributed by atoms with Crippen molar-refractivity contribution < 1.29 is 9.90 Å². The van der Waals surface area contributed by atoms with Crippen molar-refractivity contribution >= 4 is 17.6 Å². The van der Waals surface area contributed by atoms with E-state index in [4.69, 9.17) is 16.7 Å². The van der Waals surface area contributed by atoms with Crippen LogP contribution in [0.1, 0.15) is 21.5 Å². The summed E-state index contributed by atoms with van der Waals surface area (Å²) >= 11 is 5.41. The van der Waals surface area contributed by atoms with Gasteiger partial charge in [0, 0.05) is 5.56 Å². The Kier molecular flexibility index (Phi) is 3.55. The molecule has 1 rings (SSSR count). The van der Waals surface area contributed by atoms with Gasteiger partial charge in [0.1, 0.15) is 0 Å². The van der Waals surface area contributed by atoms with Crippen LogP contribution in [0.5, 0.6) is 0 Å². The van der Waals surface area contributed by atoms with Crippen LogP contribution in [0.25, 0.3) is 0 Å². The number of carboxylic acids is 1. The number of carboxylic acid groups (broad SMARTS) is 1. The third kappa shape index (κ3) is 2.27. The quantitative estimate of drug-likeness (QED) is 0.568. The number of alkyl halides is 1. The van der Waals surface area contributed by atoms with E-state index in [0.29, 0.717) is 5.56 Å². The second kappa shape index (κ2) is 4.69. The molecule has 0 spiro atoms. The van der Waals surface area contributed by atoms with Gasteiger partial charge in [-0.1, -0.05) is 24.0 Å². The van der Waals surface area contributed by atoms with Crippen molar-refractivity contribution in [3.8, 4) is 11.8 Å². The summed E-state index contributed by atoms with van der Waals surface area (Å²) in [6.07, 6.45) is 0. The molecule has 0 aromatic heterocycles. The van der Waals surface area contributed by atoms with Crippen molar-refractivity contribution in [2.45, 2.75) is 6.92 Å². The molecule has 0 atom stereocenters. The Balaban J connectivity index is 3.29. The number of rotatable bonds is 1. The van der Waals surface area contributed by atoms with Crippen molar-refractivity contribution in [3.05, 3.63) is 34.9 Å². The minimum Gasteiger partial charge on any atom is -0.478 e. The van der Waals surface area contributed by atoms with Crippen LogP contribution in [0.15, 0.2) is 18.2 Å². The first-order valence-electron chi connectivity index (χ1n) is 4.04. The molecule has 14 heavy (non-hydrogen) atoms. The van der Waals surface area contributed by atoms with Gasteiger partial charge in [-0.15, -0.1) is 11.6 Å². The fraction of sp³-hybridized carbons (Fsp3) is 0.182. The Morgan fingerprint density at radius 3 is 2.86 bits per heavy atom. The van der Waals surface area contributed by atoms with Crippen LogP contribution in [-0.4, -0.2) is 17.0 Å². The SMILES string of the molecule is Cc1cccc(C(=O)O)c1C#CCCl. The topological polar surface area (TPSA) is 37.3 Å². The lowest BCUT2D eigenvalue weighted by atomic mass is 10.0. The van der Waals surface area contributed by atoms with Crippen LogP contribution in [0, 0.1) is 18.8 Å². The molecule has 1 aromatic carbocycles. The first-order chi connectivity index (χ1) is 6.66. The van der Waals surface area contributed by atoms with E-state index < -0.39 is 5.97 Å². The molecule has 72 valence electrons. The molecular formula is C11H9ClO2. The number of hydrogen-bond donors (Lipinski definition) is 1. The standard InChI is InChI=1S/C11H9ClO2/c1-8-4-2-5-10(11(13)14)9(8)6-3-7-12/h2,4-5H,7H2,1H3,(H,13,14). The molecular weight excluding hydrogens is 200 g/mol. The Morgan fingerprint density at radius 2 is 2.29 bits per heavy atom. The molecule has 1 aromatic rings. The highest BCUT2D eigenvalue weighted by Crippen LogP contribution is 2.12. The molecule has 0 amide bonds. The maximum absolute atomic E-state index is 10.8. The van der Waals surface area contributed by atoms with Gasteiger partial charge in [-0.25, -0.2) is 4.79 Å². The summed E-state index contributed by atoms with van der Waals surface area (Å²) in [5.74, 6) is 4.64. The normalized spacial score (nSPS) is 9.00. The van der Waals surface area contributed by atoms with E-state index in [0.717, 1.165) is 5.56 Å². The molecule has 0 saturated heterocycles. The smallest absolute Gasteiger partial charge is 0.336 e. The molecule has 0 bridgehead atoms. The van der Waals surface area contributed by atoms with Crippen LogP contribution in [-0.2, 0) is 0 Å². The number of aromatic carboxylic acids is 1. The van der Waals surface area contributed by atoms with Gasteiger partial charge in [0.25, 0.3) is 0 Å². The maximum Gasteiger partial charge on any atom is 0.336 e. The van der Waals surface area contributed by atoms with Gasteiger partial charge in [-0.05, 0) is 18.6 Å². The van der Waals surface area contributed by atoms with Crippen LogP contribution in [0.3, 0.4) is 0 Å². The number of carbonyl (C=O) groups is 1. The highest BCUT2D eigenvalue weighted by molar-refractivity contribution is 6.19. The predicted octanol–water partition coefficient (Wildman–Crippen LogP) is 2.28. The average Bonchev–Trinajstić information content (AvgIpc) is 2.15.